The molecule has 2 aromatic carbocycles. The second kappa shape index (κ2) is 11.5. The fraction of sp³-hybridized carbons (Fsp3) is 0.385. The maximum atomic E-state index is 11.4. The largest absolute Gasteiger partial charge is 0.379 e. The quantitative estimate of drug-likeness (QED) is 0.378. The molecule has 4 heteroatoms. The molecule has 0 aliphatic rings. The molecule has 158 valence electrons. The Morgan fingerprint density at radius 2 is 1.87 bits per heavy atom. The van der Waals surface area contributed by atoms with Crippen LogP contribution in [0.1, 0.15) is 57.9 Å². The number of nitrogens with zero attached hydrogens (tertiary/aromatic N) is 1. The summed E-state index contributed by atoms with van der Waals surface area (Å²) in [5.41, 5.74) is 4.79. The van der Waals surface area contributed by atoms with Crippen molar-refractivity contribution in [2.75, 3.05) is 6.61 Å². The number of rotatable bonds is 11. The Morgan fingerprint density at radius 1 is 1.07 bits per heavy atom. The second-order valence-corrected chi connectivity index (χ2v) is 7.82. The van der Waals surface area contributed by atoms with E-state index in [0.717, 1.165) is 48.0 Å². The highest BCUT2D eigenvalue weighted by Crippen LogP contribution is 2.23. The fourth-order valence-electron chi connectivity index (χ4n) is 3.47. The van der Waals surface area contributed by atoms with Crippen LogP contribution in [0.2, 0.25) is 0 Å². The molecule has 1 atom stereocenters. The average Bonchev–Trinajstić information content (AvgIpc) is 2.76. The molecule has 1 heterocycles. The molecular weight excluding hydrogens is 372 g/mol. The van der Waals surface area contributed by atoms with E-state index in [9.17, 15) is 4.79 Å². The normalized spacial score (nSPS) is 12.6. The number of allylic oxidation sites excluding steroid dienone is 1. The molecule has 0 saturated heterocycles. The molecule has 0 spiro atoms. The Labute approximate surface area is 179 Å². The van der Waals surface area contributed by atoms with Gasteiger partial charge in [0, 0.05) is 6.61 Å². The van der Waals surface area contributed by atoms with Crippen LogP contribution in [0.3, 0.4) is 0 Å². The molecule has 4 nitrogen and oxygen atoms in total. The minimum Gasteiger partial charge on any atom is -0.379 e. The first kappa shape index (κ1) is 22.0. The third kappa shape index (κ3) is 6.67. The first-order chi connectivity index (χ1) is 14.7. The second-order valence-electron chi connectivity index (χ2n) is 7.82. The van der Waals surface area contributed by atoms with Crippen LogP contribution in [0.15, 0.2) is 59.5 Å². The molecule has 3 rings (SSSR count). The third-order valence-electron chi connectivity index (χ3n) is 5.26. The Hall–Kier alpha value is -2.72. The topological polar surface area (TPSA) is 55.0 Å². The number of H-pyrrole nitrogens is 1. The first-order valence-corrected chi connectivity index (χ1v) is 11.0. The molecule has 0 aliphatic carbocycles. The molecule has 0 radical (unpaired) electrons. The van der Waals surface area contributed by atoms with Crippen molar-refractivity contribution in [3.8, 4) is 11.1 Å². The van der Waals surface area contributed by atoms with Crippen molar-refractivity contribution in [3.05, 3.63) is 70.7 Å². The number of aromatic amines is 1. The SMILES string of the molecule is CCCCCOC(C)CCC/C=C/c1ccc(-c2ccc3[nH]c(=O)cnc3c2)cc1. The molecule has 0 saturated carbocycles. The Bertz CT molecular complexity index is 1010. The van der Waals surface area contributed by atoms with Crippen molar-refractivity contribution in [1.82, 2.24) is 9.97 Å². The van der Waals surface area contributed by atoms with Crippen molar-refractivity contribution >= 4 is 17.1 Å². The van der Waals surface area contributed by atoms with Crippen molar-refractivity contribution in [2.45, 2.75) is 58.5 Å². The van der Waals surface area contributed by atoms with E-state index in [1.54, 1.807) is 0 Å². The van der Waals surface area contributed by atoms with Gasteiger partial charge in [0.2, 0.25) is 0 Å². The van der Waals surface area contributed by atoms with Crippen LogP contribution in [0.25, 0.3) is 28.2 Å². The van der Waals surface area contributed by atoms with Crippen molar-refractivity contribution < 1.29 is 4.74 Å². The Morgan fingerprint density at radius 3 is 2.67 bits per heavy atom. The maximum absolute atomic E-state index is 11.4. The van der Waals surface area contributed by atoms with Crippen LogP contribution >= 0.6 is 0 Å². The van der Waals surface area contributed by atoms with Gasteiger partial charge in [0.25, 0.3) is 5.56 Å². The number of ether oxygens (including phenoxy) is 1. The summed E-state index contributed by atoms with van der Waals surface area (Å²) in [4.78, 5) is 18.4. The summed E-state index contributed by atoms with van der Waals surface area (Å²) >= 11 is 0. The first-order valence-electron chi connectivity index (χ1n) is 11.0. The standard InChI is InChI=1S/C26H32N2O2/c1-3-4-8-17-30-20(2)9-6-5-7-10-21-11-13-22(14-12-21)23-15-16-24-25(18-23)27-19-26(29)28-24/h7,10-16,18-20H,3-6,8-9,17H2,1-2H3,(H,28,29)/b10-7+. The predicted octanol–water partition coefficient (Wildman–Crippen LogP) is 6.37. The predicted molar refractivity (Wildman–Crippen MR) is 126 cm³/mol. The summed E-state index contributed by atoms with van der Waals surface area (Å²) in [6.07, 6.45) is 13.1. The molecule has 30 heavy (non-hydrogen) atoms. The Kier molecular flexibility index (Phi) is 8.40. The summed E-state index contributed by atoms with van der Waals surface area (Å²) in [7, 11) is 0. The number of benzene rings is 2. The number of aromatic nitrogens is 2. The van der Waals surface area contributed by atoms with Gasteiger partial charge in [-0.1, -0.05) is 62.2 Å². The lowest BCUT2D eigenvalue weighted by atomic mass is 10.0. The maximum Gasteiger partial charge on any atom is 0.266 e. The molecule has 0 fully saturated rings. The number of hydrogen-bond acceptors (Lipinski definition) is 3. The molecule has 1 aromatic heterocycles. The molecule has 0 bridgehead atoms. The summed E-state index contributed by atoms with van der Waals surface area (Å²) in [5.74, 6) is 0. The Balaban J connectivity index is 1.47. The summed E-state index contributed by atoms with van der Waals surface area (Å²) in [6, 6.07) is 14.4. The van der Waals surface area contributed by atoms with Gasteiger partial charge in [-0.2, -0.15) is 0 Å². The monoisotopic (exact) mass is 404 g/mol. The van der Waals surface area contributed by atoms with Gasteiger partial charge in [0.1, 0.15) is 0 Å². The van der Waals surface area contributed by atoms with Gasteiger partial charge in [-0.15, -0.1) is 0 Å². The zero-order valence-corrected chi connectivity index (χ0v) is 18.1. The summed E-state index contributed by atoms with van der Waals surface area (Å²) in [6.45, 7) is 5.28. The van der Waals surface area contributed by atoms with Crippen molar-refractivity contribution in [3.63, 3.8) is 0 Å². The zero-order chi connectivity index (χ0) is 21.2. The summed E-state index contributed by atoms with van der Waals surface area (Å²) in [5, 5.41) is 0. The van der Waals surface area contributed by atoms with Crippen LogP contribution in [0.5, 0.6) is 0 Å². The van der Waals surface area contributed by atoms with Crippen LogP contribution in [0.4, 0.5) is 0 Å². The van der Waals surface area contributed by atoms with Crippen molar-refractivity contribution in [2.24, 2.45) is 0 Å². The van der Waals surface area contributed by atoms with E-state index in [4.69, 9.17) is 4.74 Å². The van der Waals surface area contributed by atoms with Gasteiger partial charge in [0.15, 0.2) is 0 Å². The lowest BCUT2D eigenvalue weighted by molar-refractivity contribution is 0.0566. The van der Waals surface area contributed by atoms with E-state index in [-0.39, 0.29) is 5.56 Å². The van der Waals surface area contributed by atoms with E-state index in [0.29, 0.717) is 6.10 Å². The van der Waals surface area contributed by atoms with Gasteiger partial charge in [-0.05, 0) is 61.4 Å². The number of hydrogen-bond donors (Lipinski definition) is 1. The number of nitrogens with one attached hydrogen (secondary N) is 1. The number of fused-ring (bicyclic) bond motifs is 1. The minimum absolute atomic E-state index is 0.180. The third-order valence-corrected chi connectivity index (χ3v) is 5.26. The van der Waals surface area contributed by atoms with Crippen molar-refractivity contribution in [1.29, 1.82) is 0 Å². The fourth-order valence-corrected chi connectivity index (χ4v) is 3.47. The smallest absolute Gasteiger partial charge is 0.266 e. The number of unbranched alkanes of at least 4 members (excludes halogenated alkanes) is 3. The lowest BCUT2D eigenvalue weighted by Crippen LogP contribution is -2.08. The van der Waals surface area contributed by atoms with Gasteiger partial charge in [-0.25, -0.2) is 4.98 Å². The highest BCUT2D eigenvalue weighted by Gasteiger charge is 2.02. The molecule has 1 unspecified atom stereocenters. The molecule has 0 aliphatic heterocycles. The van der Waals surface area contributed by atoms with E-state index in [1.165, 1.54) is 31.0 Å². The average molecular weight is 405 g/mol. The molecule has 0 amide bonds. The minimum atomic E-state index is -0.180. The van der Waals surface area contributed by atoms with E-state index in [1.807, 2.05) is 18.2 Å². The van der Waals surface area contributed by atoms with Crippen LogP contribution in [-0.2, 0) is 4.74 Å². The van der Waals surface area contributed by atoms with Crippen LogP contribution in [0, 0.1) is 0 Å². The van der Waals surface area contributed by atoms with Gasteiger partial charge >= 0.3 is 0 Å². The van der Waals surface area contributed by atoms with E-state index in [2.05, 4.69) is 60.2 Å². The van der Waals surface area contributed by atoms with E-state index >= 15 is 0 Å². The van der Waals surface area contributed by atoms with Crippen LogP contribution in [-0.4, -0.2) is 22.7 Å². The van der Waals surface area contributed by atoms with Gasteiger partial charge in [-0.3, -0.25) is 4.79 Å². The molecule has 1 N–H and O–H groups in total. The molecular formula is C26H32N2O2. The lowest BCUT2D eigenvalue weighted by Gasteiger charge is -2.12. The van der Waals surface area contributed by atoms with Gasteiger partial charge < -0.3 is 9.72 Å². The summed E-state index contributed by atoms with van der Waals surface area (Å²) < 4.78 is 5.85. The van der Waals surface area contributed by atoms with Crippen LogP contribution < -0.4 is 5.56 Å². The van der Waals surface area contributed by atoms with Gasteiger partial charge in [0.05, 0.1) is 23.3 Å². The highest BCUT2D eigenvalue weighted by molar-refractivity contribution is 5.81. The van der Waals surface area contributed by atoms with E-state index < -0.39 is 0 Å². The highest BCUT2D eigenvalue weighted by atomic mass is 16.5. The zero-order valence-electron chi connectivity index (χ0n) is 18.1. The molecule has 3 aromatic rings.